The van der Waals surface area contributed by atoms with Crippen LogP contribution in [-0.2, 0) is 5.41 Å². The Bertz CT molecular complexity index is 1230. The third-order valence-corrected chi connectivity index (χ3v) is 7.02. The number of aliphatic imine (C=N–C) groups is 1. The number of hydrogen-bond acceptors (Lipinski definition) is 5. The third-order valence-electron chi connectivity index (χ3n) is 7.02. The maximum Gasteiger partial charge on any atom is 0.0658 e. The summed E-state index contributed by atoms with van der Waals surface area (Å²) in [5.74, 6) is 0. The molecule has 2 N–H and O–H groups in total. The van der Waals surface area contributed by atoms with Gasteiger partial charge in [-0.3, -0.25) is 9.98 Å². The Morgan fingerprint density at radius 1 is 1.18 bits per heavy atom. The monoisotopic (exact) mass is 453 g/mol. The van der Waals surface area contributed by atoms with Crippen molar-refractivity contribution in [1.82, 2.24) is 9.88 Å². The van der Waals surface area contributed by atoms with Crippen molar-refractivity contribution in [2.75, 3.05) is 31.3 Å². The molecule has 176 valence electrons. The van der Waals surface area contributed by atoms with Gasteiger partial charge in [0.25, 0.3) is 0 Å². The molecule has 1 aromatic heterocycles. The lowest BCUT2D eigenvalue weighted by molar-refractivity contribution is 0.280. The van der Waals surface area contributed by atoms with E-state index in [-0.39, 0.29) is 6.04 Å². The zero-order valence-corrected chi connectivity index (χ0v) is 21.1. The minimum absolute atomic E-state index is 0.0607. The molecule has 3 heterocycles. The molecule has 0 saturated carbocycles. The van der Waals surface area contributed by atoms with E-state index in [1.165, 1.54) is 16.7 Å². The topological polar surface area (TPSA) is 52.6 Å². The van der Waals surface area contributed by atoms with E-state index in [9.17, 15) is 0 Å². The number of nitrogens with zero attached hydrogens (tertiary/aromatic N) is 3. The smallest absolute Gasteiger partial charge is 0.0658 e. The van der Waals surface area contributed by atoms with E-state index in [2.05, 4.69) is 112 Å². The molecule has 2 atom stereocenters. The van der Waals surface area contributed by atoms with Crippen LogP contribution in [-0.4, -0.2) is 42.3 Å². The fourth-order valence-electron chi connectivity index (χ4n) is 5.27. The molecule has 0 saturated heterocycles. The number of rotatable bonds is 7. The molecule has 2 aliphatic rings. The standard InChI is InChI=1S/C29H35N5/c1-8-31-28-23(16-22(17-24(28)30-6)27-19(2)18-32-21(27)4)29(5,25-13-11-12-20(3)33-25)26-14-9-10-15-34(26)7/h8-17,26,30-31H,1,18H2,2-7H3. The number of allylic oxidation sites excluding steroid dienone is 3. The molecule has 0 bridgehead atoms. The molecule has 2 unspecified atom stereocenters. The fraction of sp³-hybridized carbons (Fsp3) is 0.310. The molecular weight excluding hydrogens is 418 g/mol. The van der Waals surface area contributed by atoms with E-state index in [1.54, 1.807) is 6.20 Å². The second-order valence-electron chi connectivity index (χ2n) is 9.31. The van der Waals surface area contributed by atoms with Crippen LogP contribution < -0.4 is 10.6 Å². The number of nitrogens with one attached hydrogen (secondary N) is 2. The van der Waals surface area contributed by atoms with Crippen LogP contribution in [0.2, 0.25) is 0 Å². The van der Waals surface area contributed by atoms with Crippen molar-refractivity contribution >= 4 is 22.7 Å². The largest absolute Gasteiger partial charge is 0.386 e. The van der Waals surface area contributed by atoms with Gasteiger partial charge in [0.05, 0.1) is 35.1 Å². The van der Waals surface area contributed by atoms with E-state index < -0.39 is 5.41 Å². The van der Waals surface area contributed by atoms with Crippen LogP contribution in [0.3, 0.4) is 0 Å². The lowest BCUT2D eigenvalue weighted by Crippen LogP contribution is -2.47. The van der Waals surface area contributed by atoms with E-state index >= 15 is 0 Å². The third kappa shape index (κ3) is 3.96. The minimum atomic E-state index is -0.465. The number of benzene rings is 1. The van der Waals surface area contributed by atoms with E-state index in [0.29, 0.717) is 0 Å². The average Bonchev–Trinajstić information content (AvgIpc) is 3.17. The van der Waals surface area contributed by atoms with Gasteiger partial charge >= 0.3 is 0 Å². The molecule has 5 heteroatoms. The van der Waals surface area contributed by atoms with Crippen LogP contribution in [0.4, 0.5) is 11.4 Å². The van der Waals surface area contributed by atoms with Gasteiger partial charge in [-0.05, 0) is 87.1 Å². The van der Waals surface area contributed by atoms with Crippen LogP contribution in [0.1, 0.15) is 43.3 Å². The zero-order chi connectivity index (χ0) is 24.5. The highest BCUT2D eigenvalue weighted by Gasteiger charge is 2.42. The van der Waals surface area contributed by atoms with Crippen molar-refractivity contribution in [3.63, 3.8) is 0 Å². The number of pyridine rings is 1. The van der Waals surface area contributed by atoms with Crippen molar-refractivity contribution in [1.29, 1.82) is 0 Å². The van der Waals surface area contributed by atoms with Crippen molar-refractivity contribution in [3.05, 3.63) is 95.6 Å². The van der Waals surface area contributed by atoms with E-state index in [0.717, 1.165) is 40.6 Å². The number of aryl methyl sites for hydroxylation is 1. The maximum absolute atomic E-state index is 5.05. The lowest BCUT2D eigenvalue weighted by atomic mass is 9.70. The highest BCUT2D eigenvalue weighted by molar-refractivity contribution is 6.25. The molecule has 0 spiro atoms. The number of hydrogen-bond donors (Lipinski definition) is 2. The highest BCUT2D eigenvalue weighted by Crippen LogP contribution is 2.46. The summed E-state index contributed by atoms with van der Waals surface area (Å²) in [5, 5.41) is 6.87. The van der Waals surface area contributed by atoms with Crippen LogP contribution in [0.25, 0.3) is 5.57 Å². The first kappa shape index (κ1) is 23.6. The second kappa shape index (κ2) is 9.34. The molecule has 5 nitrogen and oxygen atoms in total. The molecule has 0 radical (unpaired) electrons. The predicted molar refractivity (Wildman–Crippen MR) is 146 cm³/mol. The summed E-state index contributed by atoms with van der Waals surface area (Å²) in [7, 11) is 4.09. The Kier molecular flexibility index (Phi) is 6.47. The fourth-order valence-corrected chi connectivity index (χ4v) is 5.27. The summed E-state index contributed by atoms with van der Waals surface area (Å²) in [6.45, 7) is 13.4. The first-order valence-electron chi connectivity index (χ1n) is 11.8. The van der Waals surface area contributed by atoms with Crippen molar-refractivity contribution in [2.24, 2.45) is 4.99 Å². The Hall–Kier alpha value is -3.60. The van der Waals surface area contributed by atoms with Gasteiger partial charge in [-0.15, -0.1) is 0 Å². The molecule has 0 fully saturated rings. The summed E-state index contributed by atoms with van der Waals surface area (Å²) in [5.41, 5.74) is 9.53. The Balaban J connectivity index is 2.07. The molecule has 2 aromatic rings. The van der Waals surface area contributed by atoms with Crippen LogP contribution in [0, 0.1) is 6.92 Å². The van der Waals surface area contributed by atoms with Crippen LogP contribution >= 0.6 is 0 Å². The van der Waals surface area contributed by atoms with Crippen molar-refractivity contribution < 1.29 is 0 Å². The summed E-state index contributed by atoms with van der Waals surface area (Å²) >= 11 is 0. The van der Waals surface area contributed by atoms with Gasteiger partial charge in [0.2, 0.25) is 0 Å². The molecule has 2 aliphatic heterocycles. The first-order valence-corrected chi connectivity index (χ1v) is 11.8. The minimum Gasteiger partial charge on any atom is -0.386 e. The lowest BCUT2D eigenvalue weighted by Gasteiger charge is -2.43. The number of anilines is 2. The Labute approximate surface area is 203 Å². The predicted octanol–water partition coefficient (Wildman–Crippen LogP) is 5.93. The summed E-state index contributed by atoms with van der Waals surface area (Å²) in [6, 6.07) is 10.9. The van der Waals surface area contributed by atoms with Crippen LogP contribution in [0.15, 0.2) is 78.1 Å². The first-order chi connectivity index (χ1) is 16.3. The SMILES string of the molecule is C=CNc1c(NC)cc(C2=C(C)CN=C2C)cc1C(C)(c1cccc(C)n1)C1C=CC=CN1C. The van der Waals surface area contributed by atoms with Crippen molar-refractivity contribution in [2.45, 2.75) is 39.2 Å². The normalized spacial score (nSPS) is 19.2. The molecule has 0 aliphatic carbocycles. The van der Waals surface area contributed by atoms with Gasteiger partial charge in [0, 0.05) is 31.1 Å². The van der Waals surface area contributed by atoms with Gasteiger partial charge < -0.3 is 15.5 Å². The van der Waals surface area contributed by atoms with Gasteiger partial charge in [-0.2, -0.15) is 0 Å². The van der Waals surface area contributed by atoms with Crippen LogP contribution in [0.5, 0.6) is 0 Å². The second-order valence-corrected chi connectivity index (χ2v) is 9.31. The van der Waals surface area contributed by atoms with Gasteiger partial charge in [-0.1, -0.05) is 24.8 Å². The summed E-state index contributed by atoms with van der Waals surface area (Å²) in [6.07, 6.45) is 10.3. The molecule has 4 rings (SSSR count). The Morgan fingerprint density at radius 2 is 1.97 bits per heavy atom. The molecule has 34 heavy (non-hydrogen) atoms. The maximum atomic E-state index is 5.05. The molecule has 1 aromatic carbocycles. The molecule has 0 amide bonds. The average molecular weight is 454 g/mol. The number of aromatic nitrogens is 1. The van der Waals surface area contributed by atoms with Gasteiger partial charge in [0.1, 0.15) is 0 Å². The zero-order valence-electron chi connectivity index (χ0n) is 21.1. The number of likely N-dealkylation sites (N-methyl/N-ethyl adjacent to an activating group) is 1. The quantitative estimate of drug-likeness (QED) is 0.546. The molecular formula is C29H35N5. The van der Waals surface area contributed by atoms with Gasteiger partial charge in [0.15, 0.2) is 0 Å². The summed E-state index contributed by atoms with van der Waals surface area (Å²) in [4.78, 5) is 12.0. The van der Waals surface area contributed by atoms with E-state index in [4.69, 9.17) is 9.98 Å². The highest BCUT2D eigenvalue weighted by atomic mass is 15.1. The van der Waals surface area contributed by atoms with Crippen molar-refractivity contribution in [3.8, 4) is 0 Å². The van der Waals surface area contributed by atoms with Gasteiger partial charge in [-0.25, -0.2) is 0 Å². The summed E-state index contributed by atoms with van der Waals surface area (Å²) < 4.78 is 0. The van der Waals surface area contributed by atoms with E-state index in [1.807, 2.05) is 7.05 Å². The Morgan fingerprint density at radius 3 is 2.59 bits per heavy atom.